The molecule has 0 bridgehead atoms. The van der Waals surface area contributed by atoms with E-state index >= 15 is 0 Å². The van der Waals surface area contributed by atoms with E-state index in [9.17, 15) is 0 Å². The minimum absolute atomic E-state index is 0.0767. The van der Waals surface area contributed by atoms with Crippen LogP contribution in [0.4, 0.5) is 17.5 Å². The molecule has 1 aromatic carbocycles. The molecule has 2 fully saturated rings. The molecule has 0 amide bonds. The van der Waals surface area contributed by atoms with Gasteiger partial charge in [-0.1, -0.05) is 47.6 Å². The smallest absolute Gasteiger partial charge is 0.158 e. The normalized spacial score (nSPS) is 21.2. The molecule has 1 spiro atoms. The second-order valence-electron chi connectivity index (χ2n) is 9.67. The Morgan fingerprint density at radius 1 is 1.06 bits per heavy atom. The van der Waals surface area contributed by atoms with Crippen molar-refractivity contribution in [1.29, 1.82) is 0 Å². The molecule has 182 valence electrons. The molecule has 6 N–H and O–H groups in total. The highest BCUT2D eigenvalue weighted by atomic mass is 35.5. The Morgan fingerprint density at radius 2 is 1.83 bits per heavy atom. The van der Waals surface area contributed by atoms with Gasteiger partial charge in [0.25, 0.3) is 0 Å². The minimum atomic E-state index is 0.0767. The van der Waals surface area contributed by atoms with Crippen LogP contribution >= 0.6 is 23.4 Å². The fourth-order valence-corrected chi connectivity index (χ4v) is 6.56. The van der Waals surface area contributed by atoms with Crippen molar-refractivity contribution in [3.8, 4) is 0 Å². The van der Waals surface area contributed by atoms with Crippen molar-refractivity contribution in [2.75, 3.05) is 42.7 Å². The van der Waals surface area contributed by atoms with Crippen LogP contribution < -0.4 is 22.1 Å². The maximum Gasteiger partial charge on any atom is 0.158 e. The van der Waals surface area contributed by atoms with Crippen LogP contribution in [0.15, 0.2) is 46.5 Å². The van der Waals surface area contributed by atoms with Gasteiger partial charge in [-0.2, -0.15) is 0 Å². The lowest BCUT2D eigenvalue weighted by Gasteiger charge is -2.43. The molecule has 10 heteroatoms. The van der Waals surface area contributed by atoms with Crippen molar-refractivity contribution in [2.24, 2.45) is 11.1 Å². The standard InChI is InChI=1S/C25H28ClN7OS/c26-18-17(5-8-30-21(18)28)35-24-22(29)32-23(19(31-24)15-12-34-13-15)33-9-6-25(7-10-33)11-14-3-1-2-4-16(14)20(25)27/h1-5,8,15,20H,6-7,9-13,27H2,(H2,28,30)(H2,29,32)/t20-/m1/s1. The highest BCUT2D eigenvalue weighted by Crippen LogP contribution is 2.51. The van der Waals surface area contributed by atoms with Gasteiger partial charge < -0.3 is 26.8 Å². The minimum Gasteiger partial charge on any atom is -0.382 e. The molecule has 2 aromatic heterocycles. The predicted molar refractivity (Wildman–Crippen MR) is 139 cm³/mol. The fourth-order valence-electron chi connectivity index (χ4n) is 5.50. The number of nitrogens with zero attached hydrogens (tertiary/aromatic N) is 4. The van der Waals surface area contributed by atoms with Crippen molar-refractivity contribution in [1.82, 2.24) is 15.0 Å². The third kappa shape index (κ3) is 3.91. The van der Waals surface area contributed by atoms with E-state index in [1.165, 1.54) is 22.9 Å². The van der Waals surface area contributed by atoms with Gasteiger partial charge in [-0.25, -0.2) is 15.0 Å². The molecule has 4 heterocycles. The number of piperidine rings is 1. The van der Waals surface area contributed by atoms with Crippen LogP contribution in [0, 0.1) is 5.41 Å². The summed E-state index contributed by atoms with van der Waals surface area (Å²) in [4.78, 5) is 16.9. The number of halogens is 1. The second-order valence-corrected chi connectivity index (χ2v) is 11.1. The van der Waals surface area contributed by atoms with Crippen molar-refractivity contribution in [3.05, 3.63) is 58.4 Å². The summed E-state index contributed by atoms with van der Waals surface area (Å²) < 4.78 is 5.49. The Morgan fingerprint density at radius 3 is 2.54 bits per heavy atom. The number of nitrogen functional groups attached to an aromatic ring is 2. The third-order valence-corrected chi connectivity index (χ3v) is 9.22. The maximum absolute atomic E-state index is 6.78. The number of anilines is 3. The fraction of sp³-hybridized carbons (Fsp3) is 0.400. The second kappa shape index (κ2) is 8.81. The van der Waals surface area contributed by atoms with E-state index < -0.39 is 0 Å². The van der Waals surface area contributed by atoms with Crippen LogP contribution in [0.1, 0.15) is 41.6 Å². The van der Waals surface area contributed by atoms with Crippen LogP contribution in [-0.4, -0.2) is 41.3 Å². The van der Waals surface area contributed by atoms with Gasteiger partial charge in [-0.05, 0) is 41.9 Å². The molecular formula is C25H28ClN7OS. The molecule has 35 heavy (non-hydrogen) atoms. The quantitative estimate of drug-likeness (QED) is 0.480. The molecule has 3 aromatic rings. The van der Waals surface area contributed by atoms with Crippen LogP contribution in [0.2, 0.25) is 5.02 Å². The Bertz CT molecular complexity index is 1280. The van der Waals surface area contributed by atoms with Crippen molar-refractivity contribution >= 4 is 40.8 Å². The molecule has 2 aliphatic heterocycles. The van der Waals surface area contributed by atoms with Crippen LogP contribution in [0.25, 0.3) is 0 Å². The van der Waals surface area contributed by atoms with Crippen LogP contribution in [0.3, 0.4) is 0 Å². The lowest BCUT2D eigenvalue weighted by molar-refractivity contribution is 0.00650. The number of rotatable bonds is 4. The monoisotopic (exact) mass is 509 g/mol. The number of benzene rings is 1. The average Bonchev–Trinajstić information content (AvgIpc) is 3.09. The molecule has 1 aliphatic carbocycles. The summed E-state index contributed by atoms with van der Waals surface area (Å²) in [6.07, 6.45) is 4.68. The first-order chi connectivity index (χ1) is 16.9. The first-order valence-electron chi connectivity index (χ1n) is 11.9. The number of ether oxygens (including phenoxy) is 1. The van der Waals surface area contributed by atoms with Crippen LogP contribution in [0.5, 0.6) is 0 Å². The molecule has 1 atom stereocenters. The predicted octanol–water partition coefficient (Wildman–Crippen LogP) is 3.80. The number of nitrogens with two attached hydrogens (primary N) is 3. The summed E-state index contributed by atoms with van der Waals surface area (Å²) in [5, 5.41) is 1.01. The van der Waals surface area contributed by atoms with Gasteiger partial charge in [0.15, 0.2) is 11.6 Å². The Balaban J connectivity index is 1.27. The van der Waals surface area contributed by atoms with E-state index in [0.717, 1.165) is 48.8 Å². The summed E-state index contributed by atoms with van der Waals surface area (Å²) in [6, 6.07) is 10.5. The summed E-state index contributed by atoms with van der Waals surface area (Å²) in [6.45, 7) is 3.01. The van der Waals surface area contributed by atoms with E-state index in [1.54, 1.807) is 12.3 Å². The lowest BCUT2D eigenvalue weighted by atomic mass is 9.73. The van der Waals surface area contributed by atoms with Gasteiger partial charge in [-0.3, -0.25) is 0 Å². The molecule has 3 aliphatic rings. The van der Waals surface area contributed by atoms with Crippen molar-refractivity contribution < 1.29 is 4.74 Å². The molecule has 2 saturated heterocycles. The number of pyridine rings is 1. The zero-order valence-corrected chi connectivity index (χ0v) is 20.9. The SMILES string of the molecule is Nc1nc(N2CCC3(CC2)Cc2ccccc2[C@H]3N)c(C2COC2)nc1Sc1ccnc(N)c1Cl. The van der Waals surface area contributed by atoms with Gasteiger partial charge in [0.2, 0.25) is 0 Å². The summed E-state index contributed by atoms with van der Waals surface area (Å²) in [5.74, 6) is 1.72. The molecule has 8 nitrogen and oxygen atoms in total. The number of fused-ring (bicyclic) bond motifs is 1. The topological polar surface area (TPSA) is 129 Å². The summed E-state index contributed by atoms with van der Waals surface area (Å²) in [7, 11) is 0. The van der Waals surface area contributed by atoms with Gasteiger partial charge in [0.05, 0.1) is 29.8 Å². The number of hydrogen-bond acceptors (Lipinski definition) is 9. The molecule has 0 saturated carbocycles. The maximum atomic E-state index is 6.78. The Labute approximate surface area is 213 Å². The zero-order chi connectivity index (χ0) is 24.2. The first-order valence-corrected chi connectivity index (χ1v) is 13.1. The first kappa shape index (κ1) is 22.8. The Hall–Kier alpha value is -2.59. The van der Waals surface area contributed by atoms with Gasteiger partial charge in [0.1, 0.15) is 10.8 Å². The van der Waals surface area contributed by atoms with Crippen LogP contribution in [-0.2, 0) is 11.2 Å². The van der Waals surface area contributed by atoms with Crippen molar-refractivity contribution in [2.45, 2.75) is 41.1 Å². The molecule has 6 rings (SSSR count). The van der Waals surface area contributed by atoms with Gasteiger partial charge in [-0.15, -0.1) is 0 Å². The summed E-state index contributed by atoms with van der Waals surface area (Å²) >= 11 is 7.72. The van der Waals surface area contributed by atoms with E-state index in [2.05, 4.69) is 34.1 Å². The largest absolute Gasteiger partial charge is 0.382 e. The molecular weight excluding hydrogens is 482 g/mol. The zero-order valence-electron chi connectivity index (χ0n) is 19.3. The third-order valence-electron chi connectivity index (χ3n) is 7.66. The van der Waals surface area contributed by atoms with E-state index in [1.807, 2.05) is 0 Å². The van der Waals surface area contributed by atoms with E-state index in [4.69, 9.17) is 43.5 Å². The number of hydrogen-bond donors (Lipinski definition) is 3. The van der Waals surface area contributed by atoms with E-state index in [0.29, 0.717) is 29.1 Å². The average molecular weight is 510 g/mol. The highest BCUT2D eigenvalue weighted by Gasteiger charge is 2.46. The molecule has 0 radical (unpaired) electrons. The van der Waals surface area contributed by atoms with Gasteiger partial charge >= 0.3 is 0 Å². The summed E-state index contributed by atoms with van der Waals surface area (Å²) in [5.41, 5.74) is 22.8. The Kier molecular flexibility index (Phi) is 5.75. The number of aromatic nitrogens is 3. The van der Waals surface area contributed by atoms with Gasteiger partial charge in [0, 0.05) is 30.2 Å². The van der Waals surface area contributed by atoms with Crippen molar-refractivity contribution in [3.63, 3.8) is 0 Å². The molecule has 0 unspecified atom stereocenters. The van der Waals surface area contributed by atoms with E-state index in [-0.39, 0.29) is 23.2 Å². The lowest BCUT2D eigenvalue weighted by Crippen LogP contribution is -2.45. The highest BCUT2D eigenvalue weighted by molar-refractivity contribution is 7.99.